The normalized spacial score (nSPS) is 4.50. The molecule has 0 aliphatic carbocycles. The van der Waals surface area contributed by atoms with Crippen LogP contribution in [0.15, 0.2) is 0 Å². The monoisotopic (exact) mass is 110 g/mol. The van der Waals surface area contributed by atoms with Gasteiger partial charge in [0.2, 0.25) is 0 Å². The minimum absolute atomic E-state index is 0. The predicted molar refractivity (Wildman–Crippen MR) is 17.3 cm³/mol. The summed E-state index contributed by atoms with van der Waals surface area (Å²) in [6, 6.07) is 0. The van der Waals surface area contributed by atoms with E-state index >= 15 is 0 Å². The zero-order valence-corrected chi connectivity index (χ0v) is 5.66. The SMILES string of the molecule is [Al+3].[Mg+2].[O-]B([O-])[O-]. The van der Waals surface area contributed by atoms with E-state index in [1.54, 1.807) is 0 Å². The molecule has 0 bridgehead atoms. The number of rotatable bonds is 0. The molecule has 6 heavy (non-hydrogen) atoms. The second kappa shape index (κ2) is 9.53. The van der Waals surface area contributed by atoms with Gasteiger partial charge in [0, 0.05) is 0 Å². The van der Waals surface area contributed by atoms with Crippen LogP contribution in [0.3, 0.4) is 0 Å². The Labute approximate surface area is 62.8 Å². The van der Waals surface area contributed by atoms with Crippen molar-refractivity contribution in [1.29, 1.82) is 0 Å². The maximum absolute atomic E-state index is 8.42. The topological polar surface area (TPSA) is 69.2 Å². The zero-order chi connectivity index (χ0) is 3.58. The van der Waals surface area contributed by atoms with Crippen LogP contribution in [0.4, 0.5) is 0 Å². The van der Waals surface area contributed by atoms with E-state index in [1.807, 2.05) is 0 Å². The van der Waals surface area contributed by atoms with Crippen molar-refractivity contribution in [3.05, 3.63) is 0 Å². The first-order valence-corrected chi connectivity index (χ1v) is 0.707. The molecule has 0 radical (unpaired) electrons. The Morgan fingerprint density at radius 1 is 1.00 bits per heavy atom. The molecule has 0 heterocycles. The standard InChI is InChI=1S/Al.BO3.Mg/c;2-1(3)4;/q+3;-3;+2. The van der Waals surface area contributed by atoms with Gasteiger partial charge in [-0.25, -0.2) is 0 Å². The summed E-state index contributed by atoms with van der Waals surface area (Å²) in [5.74, 6) is 0. The van der Waals surface area contributed by atoms with Gasteiger partial charge in [0.15, 0.2) is 0 Å². The van der Waals surface area contributed by atoms with Crippen LogP contribution >= 0.6 is 0 Å². The third kappa shape index (κ3) is 61.1. The maximum Gasteiger partial charge on any atom is 3.00 e. The summed E-state index contributed by atoms with van der Waals surface area (Å²) >= 11 is 0. The van der Waals surface area contributed by atoms with Crippen LogP contribution in [0.2, 0.25) is 0 Å². The molecule has 6 heteroatoms. The summed E-state index contributed by atoms with van der Waals surface area (Å²) in [6.07, 6.45) is 0. The Hall–Kier alpha value is 1.24. The first-order chi connectivity index (χ1) is 1.73. The molecule has 0 spiro atoms. The summed E-state index contributed by atoms with van der Waals surface area (Å²) in [6.45, 7) is 0. The zero-order valence-electron chi connectivity index (χ0n) is 3.09. The fourth-order valence-electron chi connectivity index (χ4n) is 0. The van der Waals surface area contributed by atoms with Crippen molar-refractivity contribution in [3.8, 4) is 0 Å². The summed E-state index contributed by atoms with van der Waals surface area (Å²) in [5, 5.41) is 25.2. The average Bonchev–Trinajstić information content (AvgIpc) is 0.811. The third-order valence-corrected chi connectivity index (χ3v) is 0. The van der Waals surface area contributed by atoms with Crippen LogP contribution in [0.25, 0.3) is 0 Å². The van der Waals surface area contributed by atoms with E-state index in [0.717, 1.165) is 0 Å². The molecule has 0 saturated heterocycles. The van der Waals surface area contributed by atoms with Crippen LogP contribution in [0.1, 0.15) is 0 Å². The molecule has 0 aliphatic rings. The van der Waals surface area contributed by atoms with E-state index < -0.39 is 7.32 Å². The molecule has 3 nitrogen and oxygen atoms in total. The van der Waals surface area contributed by atoms with Crippen molar-refractivity contribution >= 4 is 47.7 Å². The van der Waals surface area contributed by atoms with Crippen molar-refractivity contribution in [3.63, 3.8) is 0 Å². The summed E-state index contributed by atoms with van der Waals surface area (Å²) in [5.41, 5.74) is 0. The third-order valence-electron chi connectivity index (χ3n) is 0. The molecule has 0 saturated carbocycles. The van der Waals surface area contributed by atoms with Gasteiger partial charge < -0.3 is 15.1 Å². The Morgan fingerprint density at radius 3 is 1.00 bits per heavy atom. The minimum atomic E-state index is -2.92. The Balaban J connectivity index is -0.0000000450. The van der Waals surface area contributed by atoms with Gasteiger partial charge in [0.25, 0.3) is 0 Å². The molecule has 24 valence electrons. The maximum atomic E-state index is 8.42. The van der Waals surface area contributed by atoms with E-state index in [4.69, 9.17) is 15.1 Å². The fourth-order valence-corrected chi connectivity index (χ4v) is 0. The summed E-state index contributed by atoms with van der Waals surface area (Å²) in [4.78, 5) is 0. The van der Waals surface area contributed by atoms with Crippen LogP contribution in [0.5, 0.6) is 0 Å². The van der Waals surface area contributed by atoms with Crippen molar-refractivity contribution < 1.29 is 15.1 Å². The molecule has 0 fully saturated rings. The molecule has 0 atom stereocenters. The van der Waals surface area contributed by atoms with Crippen LogP contribution in [-0.4, -0.2) is 47.7 Å². The van der Waals surface area contributed by atoms with E-state index in [-0.39, 0.29) is 40.4 Å². The largest absolute Gasteiger partial charge is 3.00 e. The smallest absolute Gasteiger partial charge is 0.907 e. The number of hydrogen-bond donors (Lipinski definition) is 0. The molecular formula is AlBMgO3+2. The number of hydrogen-bond acceptors (Lipinski definition) is 3. The molecule has 0 amide bonds. The van der Waals surface area contributed by atoms with Crippen LogP contribution in [-0.2, 0) is 0 Å². The van der Waals surface area contributed by atoms with Gasteiger partial charge in [0.05, 0.1) is 0 Å². The first-order valence-electron chi connectivity index (χ1n) is 0.707. The molecule has 0 aliphatic heterocycles. The molecule has 0 N–H and O–H groups in total. The molecule has 0 rings (SSSR count). The van der Waals surface area contributed by atoms with Gasteiger partial charge in [0.1, 0.15) is 0 Å². The van der Waals surface area contributed by atoms with Gasteiger partial charge >= 0.3 is 40.4 Å². The van der Waals surface area contributed by atoms with Crippen molar-refractivity contribution in [1.82, 2.24) is 0 Å². The molecular weight excluding hydrogens is 110 g/mol. The second-order valence-corrected chi connectivity index (χ2v) is 0.289. The van der Waals surface area contributed by atoms with Crippen LogP contribution < -0.4 is 15.1 Å². The van der Waals surface area contributed by atoms with Gasteiger partial charge in [-0.15, -0.1) is 0 Å². The van der Waals surface area contributed by atoms with Gasteiger partial charge in [-0.3, -0.25) is 7.32 Å². The molecule has 0 unspecified atom stereocenters. The van der Waals surface area contributed by atoms with E-state index in [2.05, 4.69) is 0 Å². The van der Waals surface area contributed by atoms with E-state index in [0.29, 0.717) is 0 Å². The van der Waals surface area contributed by atoms with Gasteiger partial charge in [-0.2, -0.15) is 0 Å². The molecule has 0 aromatic rings. The van der Waals surface area contributed by atoms with Gasteiger partial charge in [-0.1, -0.05) is 0 Å². The minimum Gasteiger partial charge on any atom is -0.907 e. The van der Waals surface area contributed by atoms with Crippen molar-refractivity contribution in [2.24, 2.45) is 0 Å². The Kier molecular flexibility index (Phi) is 24.9. The Morgan fingerprint density at radius 2 is 1.00 bits per heavy atom. The quantitative estimate of drug-likeness (QED) is 0.294. The predicted octanol–water partition coefficient (Wildman–Crippen LogP) is -4.71. The molecule has 0 aromatic carbocycles. The van der Waals surface area contributed by atoms with Crippen LogP contribution in [0, 0.1) is 0 Å². The summed E-state index contributed by atoms with van der Waals surface area (Å²) in [7, 11) is -2.92. The second-order valence-electron chi connectivity index (χ2n) is 0.289. The molecule has 0 aromatic heterocycles. The van der Waals surface area contributed by atoms with E-state index in [1.165, 1.54) is 0 Å². The average molecular weight is 110 g/mol. The first kappa shape index (κ1) is 15.7. The van der Waals surface area contributed by atoms with Crippen molar-refractivity contribution in [2.45, 2.75) is 0 Å². The Bertz CT molecular complexity index is 15.5. The van der Waals surface area contributed by atoms with Gasteiger partial charge in [-0.05, 0) is 0 Å². The van der Waals surface area contributed by atoms with Crippen molar-refractivity contribution in [2.75, 3.05) is 0 Å². The summed E-state index contributed by atoms with van der Waals surface area (Å²) < 4.78 is 0. The fraction of sp³-hybridized carbons (Fsp3) is 0. The van der Waals surface area contributed by atoms with E-state index in [9.17, 15) is 0 Å².